The highest BCUT2D eigenvalue weighted by Gasteiger charge is 2.40. The minimum atomic E-state index is 0.221. The lowest BCUT2D eigenvalue weighted by Crippen LogP contribution is -2.29. The van der Waals surface area contributed by atoms with Crippen molar-refractivity contribution in [1.82, 2.24) is 0 Å². The molecule has 0 aromatic heterocycles. The molecule has 0 radical (unpaired) electrons. The highest BCUT2D eigenvalue weighted by Crippen LogP contribution is 2.54. The van der Waals surface area contributed by atoms with Gasteiger partial charge in [0.05, 0.1) is 26.8 Å². The second kappa shape index (κ2) is 6.29. The van der Waals surface area contributed by atoms with Gasteiger partial charge in [-0.05, 0) is 36.0 Å². The third kappa shape index (κ3) is 2.54. The average molecular weight is 379 g/mol. The third-order valence-corrected chi connectivity index (χ3v) is 6.33. The van der Waals surface area contributed by atoms with E-state index < -0.39 is 0 Å². The Morgan fingerprint density at radius 2 is 1.83 bits per heavy atom. The van der Waals surface area contributed by atoms with Gasteiger partial charge in [0.15, 0.2) is 0 Å². The van der Waals surface area contributed by atoms with Crippen LogP contribution >= 0.6 is 34.8 Å². The molecule has 1 N–H and O–H groups in total. The lowest BCUT2D eigenvalue weighted by atomic mass is 9.77. The van der Waals surface area contributed by atoms with Crippen molar-refractivity contribution in [1.29, 1.82) is 0 Å². The number of anilines is 1. The smallest absolute Gasteiger partial charge is 0.0656 e. The molecule has 1 aliphatic heterocycles. The number of benzene rings is 2. The fraction of sp³-hybridized carbons (Fsp3) is 0.300. The van der Waals surface area contributed by atoms with Crippen molar-refractivity contribution in [2.45, 2.75) is 31.7 Å². The van der Waals surface area contributed by atoms with Gasteiger partial charge in [0.2, 0.25) is 0 Å². The normalized spacial score (nSPS) is 24.4. The predicted molar refractivity (Wildman–Crippen MR) is 104 cm³/mol. The maximum Gasteiger partial charge on any atom is 0.0656 e. The number of aryl methyl sites for hydroxylation is 1. The fourth-order valence-corrected chi connectivity index (χ4v) is 4.76. The van der Waals surface area contributed by atoms with Crippen LogP contribution in [0.2, 0.25) is 15.1 Å². The van der Waals surface area contributed by atoms with Gasteiger partial charge in [-0.3, -0.25) is 0 Å². The molecule has 2 aromatic rings. The van der Waals surface area contributed by atoms with Crippen molar-refractivity contribution in [3.05, 3.63) is 74.2 Å². The summed E-state index contributed by atoms with van der Waals surface area (Å²) >= 11 is 19.3. The molecule has 24 heavy (non-hydrogen) atoms. The van der Waals surface area contributed by atoms with Crippen molar-refractivity contribution in [2.24, 2.45) is 5.92 Å². The van der Waals surface area contributed by atoms with E-state index in [0.29, 0.717) is 21.0 Å². The first kappa shape index (κ1) is 16.3. The number of hydrogen-bond donors (Lipinski definition) is 1. The Kier molecular flexibility index (Phi) is 4.28. The lowest BCUT2D eigenvalue weighted by molar-refractivity contribution is 0.425. The summed E-state index contributed by atoms with van der Waals surface area (Å²) in [6.45, 7) is 2.17. The summed E-state index contributed by atoms with van der Waals surface area (Å²) in [5.74, 6) is 0.679. The Balaban J connectivity index is 1.81. The maximum atomic E-state index is 6.52. The van der Waals surface area contributed by atoms with Crippen molar-refractivity contribution in [3.8, 4) is 0 Å². The van der Waals surface area contributed by atoms with Crippen molar-refractivity contribution >= 4 is 40.5 Å². The van der Waals surface area contributed by atoms with Gasteiger partial charge in [-0.25, -0.2) is 0 Å². The zero-order valence-electron chi connectivity index (χ0n) is 13.3. The molecule has 0 bridgehead atoms. The molecule has 1 heterocycles. The van der Waals surface area contributed by atoms with Crippen molar-refractivity contribution in [3.63, 3.8) is 0 Å². The fourth-order valence-electron chi connectivity index (χ4n) is 3.95. The summed E-state index contributed by atoms with van der Waals surface area (Å²) in [5.41, 5.74) is 4.60. The molecule has 2 aliphatic rings. The minimum Gasteiger partial charge on any atom is -0.376 e. The molecular formula is C20H18Cl3N. The SMILES string of the molecule is CCc1ccc([C@@H]2Nc3c(Cl)cc(Cl)c(Cl)c3[C@@H]3C=CC[C@@H]32)cc1. The second-order valence-corrected chi connectivity index (χ2v) is 7.71. The number of fused-ring (bicyclic) bond motifs is 3. The third-order valence-electron chi connectivity index (χ3n) is 5.23. The molecule has 0 saturated heterocycles. The quantitative estimate of drug-likeness (QED) is 0.436. The van der Waals surface area contributed by atoms with E-state index in [1.807, 2.05) is 0 Å². The van der Waals surface area contributed by atoms with Gasteiger partial charge >= 0.3 is 0 Å². The molecule has 3 atom stereocenters. The largest absolute Gasteiger partial charge is 0.376 e. The molecule has 0 amide bonds. The van der Waals surface area contributed by atoms with Crippen LogP contribution in [0.15, 0.2) is 42.5 Å². The van der Waals surface area contributed by atoms with Crippen LogP contribution in [0.5, 0.6) is 0 Å². The molecule has 2 aromatic carbocycles. The van der Waals surface area contributed by atoms with Crippen LogP contribution in [0, 0.1) is 5.92 Å². The molecule has 0 fully saturated rings. The molecule has 4 heteroatoms. The molecule has 4 rings (SSSR count). The van der Waals surface area contributed by atoms with E-state index in [0.717, 1.165) is 24.1 Å². The molecule has 0 saturated carbocycles. The summed E-state index contributed by atoms with van der Waals surface area (Å²) in [7, 11) is 0. The highest BCUT2D eigenvalue weighted by molar-refractivity contribution is 6.44. The topological polar surface area (TPSA) is 12.0 Å². The number of hydrogen-bond acceptors (Lipinski definition) is 1. The number of allylic oxidation sites excluding steroid dienone is 2. The van der Waals surface area contributed by atoms with E-state index >= 15 is 0 Å². The van der Waals surface area contributed by atoms with Gasteiger partial charge in [-0.2, -0.15) is 0 Å². The first-order valence-corrected chi connectivity index (χ1v) is 9.43. The monoisotopic (exact) mass is 377 g/mol. The van der Waals surface area contributed by atoms with E-state index in [-0.39, 0.29) is 12.0 Å². The number of rotatable bonds is 2. The maximum absolute atomic E-state index is 6.52. The van der Waals surface area contributed by atoms with Crippen LogP contribution in [0.3, 0.4) is 0 Å². The van der Waals surface area contributed by atoms with Gasteiger partial charge in [-0.15, -0.1) is 0 Å². The van der Waals surface area contributed by atoms with Crippen molar-refractivity contribution in [2.75, 3.05) is 5.32 Å². The minimum absolute atomic E-state index is 0.221. The van der Waals surface area contributed by atoms with E-state index in [1.54, 1.807) is 6.07 Å². The Morgan fingerprint density at radius 1 is 1.08 bits per heavy atom. The Labute approximate surface area is 157 Å². The Bertz CT molecular complexity index is 811. The first-order valence-electron chi connectivity index (χ1n) is 8.29. The van der Waals surface area contributed by atoms with Crippen molar-refractivity contribution < 1.29 is 0 Å². The molecule has 1 aliphatic carbocycles. The van der Waals surface area contributed by atoms with Gasteiger partial charge in [0.1, 0.15) is 0 Å². The standard InChI is InChI=1S/C20H18Cl3N/c1-2-11-6-8-12(9-7-11)19-14-5-3-4-13(14)17-18(23)15(21)10-16(22)20(17)24-19/h3-4,6-10,13-14,19,24H,2,5H2,1H3/t13-,14+,19+/m1/s1. The van der Waals surface area contributed by atoms with Gasteiger partial charge < -0.3 is 5.32 Å². The van der Waals surface area contributed by atoms with Crippen LogP contribution in [0.4, 0.5) is 5.69 Å². The lowest BCUT2D eigenvalue weighted by Gasteiger charge is -2.38. The molecule has 124 valence electrons. The average Bonchev–Trinajstić information content (AvgIpc) is 3.08. The first-order chi connectivity index (χ1) is 11.6. The van der Waals surface area contributed by atoms with Gasteiger partial charge in [0.25, 0.3) is 0 Å². The van der Waals surface area contributed by atoms with Crippen LogP contribution in [0.25, 0.3) is 0 Å². The summed E-state index contributed by atoms with van der Waals surface area (Å²) in [6.07, 6.45) is 6.56. The number of halogens is 3. The zero-order valence-corrected chi connectivity index (χ0v) is 15.6. The van der Waals surface area contributed by atoms with Gasteiger partial charge in [-0.1, -0.05) is 78.1 Å². The Hall–Kier alpha value is -1.15. The van der Waals surface area contributed by atoms with Gasteiger partial charge in [0, 0.05) is 11.5 Å². The number of nitrogens with one attached hydrogen (secondary N) is 1. The molecule has 0 spiro atoms. The Morgan fingerprint density at radius 3 is 2.54 bits per heavy atom. The van der Waals surface area contributed by atoms with E-state index in [4.69, 9.17) is 34.8 Å². The highest BCUT2D eigenvalue weighted by atomic mass is 35.5. The summed E-state index contributed by atoms with van der Waals surface area (Å²) in [4.78, 5) is 0. The van der Waals surface area contributed by atoms with Crippen LogP contribution < -0.4 is 5.32 Å². The second-order valence-electron chi connectivity index (χ2n) is 6.51. The van der Waals surface area contributed by atoms with Crippen LogP contribution in [-0.4, -0.2) is 0 Å². The van der Waals surface area contributed by atoms with Crippen LogP contribution in [0.1, 0.15) is 42.0 Å². The predicted octanol–water partition coefficient (Wildman–Crippen LogP) is 7.04. The molecular weight excluding hydrogens is 361 g/mol. The summed E-state index contributed by atoms with van der Waals surface area (Å²) < 4.78 is 0. The molecule has 0 unspecified atom stereocenters. The summed E-state index contributed by atoms with van der Waals surface area (Å²) in [6, 6.07) is 10.8. The zero-order chi connectivity index (χ0) is 16.8. The van der Waals surface area contributed by atoms with E-state index in [2.05, 4.69) is 48.7 Å². The molecule has 1 nitrogen and oxygen atoms in total. The summed E-state index contributed by atoms with van der Waals surface area (Å²) in [5, 5.41) is 5.41. The van der Waals surface area contributed by atoms with Crippen LogP contribution in [-0.2, 0) is 6.42 Å². The van der Waals surface area contributed by atoms with E-state index in [9.17, 15) is 0 Å². The van der Waals surface area contributed by atoms with E-state index in [1.165, 1.54) is 11.1 Å².